The summed E-state index contributed by atoms with van der Waals surface area (Å²) in [5.41, 5.74) is 0.442. The summed E-state index contributed by atoms with van der Waals surface area (Å²) in [7, 11) is 0. The van der Waals surface area contributed by atoms with Gasteiger partial charge in [0.05, 0.1) is 6.20 Å². The molecule has 0 fully saturated rings. The van der Waals surface area contributed by atoms with Gasteiger partial charge in [0.1, 0.15) is 12.2 Å². The van der Waals surface area contributed by atoms with Crippen LogP contribution in [0.5, 0.6) is 5.75 Å². The van der Waals surface area contributed by atoms with Crippen LogP contribution in [0.3, 0.4) is 0 Å². The van der Waals surface area contributed by atoms with Crippen molar-refractivity contribution in [2.24, 2.45) is 0 Å². The molecule has 2 aromatic rings. The predicted octanol–water partition coefficient (Wildman–Crippen LogP) is 0.138. The monoisotopic (exact) mass is 150 g/mol. The smallest absolute Gasteiger partial charge is 0.200 e. The molecule has 2 heterocycles. The minimum Gasteiger partial charge on any atom is -0.503 e. The Morgan fingerprint density at radius 1 is 1.55 bits per heavy atom. The normalized spacial score (nSPS) is 10.6. The van der Waals surface area contributed by atoms with Gasteiger partial charge in [0, 0.05) is 0 Å². The largest absolute Gasteiger partial charge is 0.503 e. The third-order valence-electron chi connectivity index (χ3n) is 1.34. The van der Waals surface area contributed by atoms with Crippen LogP contribution in [0.2, 0.25) is 0 Å². The van der Waals surface area contributed by atoms with Gasteiger partial charge < -0.3 is 5.11 Å². The van der Waals surface area contributed by atoms with Crippen molar-refractivity contribution in [3.63, 3.8) is 0 Å². The highest BCUT2D eigenvalue weighted by Gasteiger charge is 2.02. The van der Waals surface area contributed by atoms with E-state index in [-0.39, 0.29) is 5.75 Å². The van der Waals surface area contributed by atoms with E-state index in [1.54, 1.807) is 6.92 Å². The van der Waals surface area contributed by atoms with Crippen molar-refractivity contribution in [2.45, 2.75) is 6.92 Å². The van der Waals surface area contributed by atoms with E-state index in [1.165, 1.54) is 17.0 Å². The van der Waals surface area contributed by atoms with Gasteiger partial charge in [-0.05, 0) is 6.92 Å². The molecule has 0 aliphatic rings. The Balaban J connectivity index is 2.90. The zero-order valence-electron chi connectivity index (χ0n) is 5.89. The molecule has 0 bridgehead atoms. The molecule has 0 amide bonds. The first-order valence-corrected chi connectivity index (χ1v) is 3.13. The van der Waals surface area contributed by atoms with E-state index < -0.39 is 0 Å². The third-order valence-corrected chi connectivity index (χ3v) is 1.34. The molecule has 0 saturated heterocycles. The Morgan fingerprint density at radius 3 is 3.09 bits per heavy atom. The summed E-state index contributed by atoms with van der Waals surface area (Å²) in [6.45, 7) is 1.76. The second-order valence-electron chi connectivity index (χ2n) is 2.21. The van der Waals surface area contributed by atoms with Gasteiger partial charge in [0.15, 0.2) is 5.75 Å². The average Bonchev–Trinajstić information content (AvgIpc) is 2.31. The molecule has 0 atom stereocenters. The number of fused-ring (bicyclic) bond motifs is 1. The molecule has 0 saturated carbocycles. The Bertz CT molecular complexity index is 394. The van der Waals surface area contributed by atoms with E-state index in [2.05, 4.69) is 15.1 Å². The van der Waals surface area contributed by atoms with Gasteiger partial charge in [-0.2, -0.15) is 9.61 Å². The zero-order chi connectivity index (χ0) is 7.84. The van der Waals surface area contributed by atoms with E-state index >= 15 is 0 Å². The number of nitrogens with zero attached hydrogens (tertiary/aromatic N) is 4. The van der Waals surface area contributed by atoms with Gasteiger partial charge in [-0.3, -0.25) is 0 Å². The first-order valence-electron chi connectivity index (χ1n) is 3.13. The molecule has 11 heavy (non-hydrogen) atoms. The summed E-state index contributed by atoms with van der Waals surface area (Å²) in [5, 5.41) is 13.2. The number of hydrogen-bond acceptors (Lipinski definition) is 4. The highest BCUT2D eigenvalue weighted by molar-refractivity contribution is 5.49. The second-order valence-corrected chi connectivity index (χ2v) is 2.21. The van der Waals surface area contributed by atoms with Gasteiger partial charge in [0.25, 0.3) is 0 Å². The molecule has 1 N–H and O–H groups in total. The number of aromatic nitrogens is 4. The fourth-order valence-corrected chi connectivity index (χ4v) is 0.910. The van der Waals surface area contributed by atoms with Gasteiger partial charge in [-0.1, -0.05) is 0 Å². The summed E-state index contributed by atoms with van der Waals surface area (Å²) in [5.74, 6) is 0.668. The standard InChI is InChI=1S/C6H6N4O/c1-4-8-6-5(11)2-7-3-10(6)9-4/h2-3,11H,1H3. The first kappa shape index (κ1) is 6.09. The average molecular weight is 150 g/mol. The summed E-state index contributed by atoms with van der Waals surface area (Å²) < 4.78 is 1.44. The van der Waals surface area contributed by atoms with Crippen molar-refractivity contribution < 1.29 is 5.11 Å². The minimum atomic E-state index is 0.0492. The third kappa shape index (κ3) is 0.813. The predicted molar refractivity (Wildman–Crippen MR) is 37.2 cm³/mol. The fourth-order valence-electron chi connectivity index (χ4n) is 0.910. The van der Waals surface area contributed by atoms with E-state index in [4.69, 9.17) is 0 Å². The maximum absolute atomic E-state index is 9.20. The number of aryl methyl sites for hydroxylation is 1. The van der Waals surface area contributed by atoms with Crippen molar-refractivity contribution >= 4 is 5.65 Å². The molecule has 5 heteroatoms. The molecule has 0 aromatic carbocycles. The van der Waals surface area contributed by atoms with Crippen LogP contribution in [0.15, 0.2) is 12.5 Å². The van der Waals surface area contributed by atoms with Gasteiger partial charge >= 0.3 is 0 Å². The molecular formula is C6H6N4O. The lowest BCUT2D eigenvalue weighted by molar-refractivity contribution is 0.473. The Hall–Kier alpha value is -1.65. The summed E-state index contributed by atoms with van der Waals surface area (Å²) in [6.07, 6.45) is 2.83. The van der Waals surface area contributed by atoms with Crippen LogP contribution in [0, 0.1) is 6.92 Å². The molecule has 5 nitrogen and oxygen atoms in total. The van der Waals surface area contributed by atoms with Crippen molar-refractivity contribution in [3.05, 3.63) is 18.3 Å². The van der Waals surface area contributed by atoms with E-state index in [0.29, 0.717) is 11.5 Å². The lowest BCUT2D eigenvalue weighted by Crippen LogP contribution is -1.88. The molecule has 0 radical (unpaired) electrons. The van der Waals surface area contributed by atoms with E-state index in [1.807, 2.05) is 0 Å². The molecule has 2 rings (SSSR count). The van der Waals surface area contributed by atoms with E-state index in [0.717, 1.165) is 0 Å². The lowest BCUT2D eigenvalue weighted by Gasteiger charge is -1.90. The molecule has 56 valence electrons. The van der Waals surface area contributed by atoms with Gasteiger partial charge in [0.2, 0.25) is 5.65 Å². The van der Waals surface area contributed by atoms with Crippen LogP contribution in [0.1, 0.15) is 5.82 Å². The molecule has 0 aliphatic carbocycles. The first-order chi connectivity index (χ1) is 5.27. The summed E-state index contributed by atoms with van der Waals surface area (Å²) in [6, 6.07) is 0. The lowest BCUT2D eigenvalue weighted by atomic mass is 10.6. The van der Waals surface area contributed by atoms with Crippen molar-refractivity contribution in [1.29, 1.82) is 0 Å². The highest BCUT2D eigenvalue weighted by Crippen LogP contribution is 2.12. The van der Waals surface area contributed by atoms with Crippen LogP contribution in [-0.2, 0) is 0 Å². The molecule has 2 aromatic heterocycles. The summed E-state index contributed by atoms with van der Waals surface area (Å²) in [4.78, 5) is 7.71. The molecular weight excluding hydrogens is 144 g/mol. The Kier molecular flexibility index (Phi) is 1.06. The fraction of sp³-hybridized carbons (Fsp3) is 0.167. The Morgan fingerprint density at radius 2 is 2.36 bits per heavy atom. The highest BCUT2D eigenvalue weighted by atomic mass is 16.3. The Labute approximate surface area is 62.3 Å². The van der Waals surface area contributed by atoms with Crippen LogP contribution in [-0.4, -0.2) is 24.7 Å². The topological polar surface area (TPSA) is 63.3 Å². The SMILES string of the molecule is Cc1nc2c(O)cncn2n1. The molecule has 0 aliphatic heterocycles. The number of hydrogen-bond donors (Lipinski definition) is 1. The maximum atomic E-state index is 9.20. The van der Waals surface area contributed by atoms with Gasteiger partial charge in [-0.15, -0.1) is 0 Å². The zero-order valence-corrected chi connectivity index (χ0v) is 5.89. The van der Waals surface area contributed by atoms with Crippen LogP contribution in [0.25, 0.3) is 5.65 Å². The maximum Gasteiger partial charge on any atom is 0.200 e. The van der Waals surface area contributed by atoms with Crippen LogP contribution < -0.4 is 0 Å². The van der Waals surface area contributed by atoms with Crippen molar-refractivity contribution in [2.75, 3.05) is 0 Å². The van der Waals surface area contributed by atoms with E-state index in [9.17, 15) is 5.11 Å². The number of aromatic hydroxyl groups is 1. The second kappa shape index (κ2) is 1.91. The molecule has 0 unspecified atom stereocenters. The van der Waals surface area contributed by atoms with Gasteiger partial charge in [-0.25, -0.2) is 9.97 Å². The van der Waals surface area contributed by atoms with Crippen LogP contribution >= 0.6 is 0 Å². The summed E-state index contributed by atoms with van der Waals surface area (Å²) >= 11 is 0. The minimum absolute atomic E-state index is 0.0492. The van der Waals surface area contributed by atoms with Crippen molar-refractivity contribution in [3.8, 4) is 5.75 Å². The molecule has 0 spiro atoms. The van der Waals surface area contributed by atoms with Crippen LogP contribution in [0.4, 0.5) is 0 Å². The number of rotatable bonds is 0. The quantitative estimate of drug-likeness (QED) is 0.580. The van der Waals surface area contributed by atoms with Crippen molar-refractivity contribution in [1.82, 2.24) is 19.6 Å².